The monoisotopic (exact) mass is 291 g/mol. The lowest BCUT2D eigenvalue weighted by Gasteiger charge is -2.16. The van der Waals surface area contributed by atoms with Crippen LogP contribution in [0.3, 0.4) is 0 Å². The molecular formula is C9H16F3NO4S. The van der Waals surface area contributed by atoms with Crippen molar-refractivity contribution in [3.8, 4) is 0 Å². The third-order valence-corrected chi connectivity index (χ3v) is 3.37. The number of alkyl halides is 3. The van der Waals surface area contributed by atoms with Gasteiger partial charge >= 0.3 is 12.1 Å². The van der Waals surface area contributed by atoms with Gasteiger partial charge in [-0.25, -0.2) is 13.1 Å². The van der Waals surface area contributed by atoms with Crippen LogP contribution in [0, 0.1) is 5.92 Å². The Balaban J connectivity index is 4.57. The van der Waals surface area contributed by atoms with E-state index in [-0.39, 0.29) is 12.3 Å². The minimum Gasteiger partial charge on any atom is -0.480 e. The van der Waals surface area contributed by atoms with Crippen LogP contribution in [-0.4, -0.2) is 37.5 Å². The lowest BCUT2D eigenvalue weighted by atomic mass is 10.1. The van der Waals surface area contributed by atoms with Crippen molar-refractivity contribution in [2.75, 3.05) is 5.75 Å². The minimum atomic E-state index is -4.59. The molecule has 0 saturated carbocycles. The van der Waals surface area contributed by atoms with Gasteiger partial charge in [0.15, 0.2) is 0 Å². The molecule has 9 heteroatoms. The van der Waals surface area contributed by atoms with Gasteiger partial charge in [-0.1, -0.05) is 13.8 Å². The maximum atomic E-state index is 11.9. The second-order valence-electron chi connectivity index (χ2n) is 4.32. The van der Waals surface area contributed by atoms with Gasteiger partial charge in [0.2, 0.25) is 10.0 Å². The molecule has 108 valence electrons. The van der Waals surface area contributed by atoms with E-state index in [9.17, 15) is 26.4 Å². The van der Waals surface area contributed by atoms with Crippen LogP contribution < -0.4 is 4.72 Å². The number of sulfonamides is 1. The van der Waals surface area contributed by atoms with E-state index in [1.807, 2.05) is 0 Å². The van der Waals surface area contributed by atoms with E-state index in [1.165, 1.54) is 0 Å². The summed E-state index contributed by atoms with van der Waals surface area (Å²) >= 11 is 0. The summed E-state index contributed by atoms with van der Waals surface area (Å²) < 4.78 is 60.0. The minimum absolute atomic E-state index is 0.0145. The number of carboxylic acids is 1. The van der Waals surface area contributed by atoms with Crippen LogP contribution in [0.5, 0.6) is 0 Å². The molecule has 0 saturated heterocycles. The molecule has 2 N–H and O–H groups in total. The molecule has 0 fully saturated rings. The first-order valence-corrected chi connectivity index (χ1v) is 6.88. The summed E-state index contributed by atoms with van der Waals surface area (Å²) in [6, 6.07) is -1.40. The van der Waals surface area contributed by atoms with Crippen molar-refractivity contribution in [2.24, 2.45) is 5.92 Å². The molecule has 0 aliphatic heterocycles. The Morgan fingerprint density at radius 1 is 1.33 bits per heavy atom. The van der Waals surface area contributed by atoms with E-state index >= 15 is 0 Å². The fraction of sp³-hybridized carbons (Fsp3) is 0.889. The van der Waals surface area contributed by atoms with Crippen LogP contribution in [0.2, 0.25) is 0 Å². The van der Waals surface area contributed by atoms with Crippen molar-refractivity contribution in [2.45, 2.75) is 38.9 Å². The van der Waals surface area contributed by atoms with Crippen molar-refractivity contribution in [3.63, 3.8) is 0 Å². The van der Waals surface area contributed by atoms with Crippen LogP contribution in [0.15, 0.2) is 0 Å². The lowest BCUT2D eigenvalue weighted by Crippen LogP contribution is -2.43. The average Bonchev–Trinajstić information content (AvgIpc) is 2.11. The number of aliphatic carboxylic acids is 1. The highest BCUT2D eigenvalue weighted by molar-refractivity contribution is 7.89. The molecule has 0 aliphatic carbocycles. The summed E-state index contributed by atoms with van der Waals surface area (Å²) in [6.07, 6.45) is -6.08. The van der Waals surface area contributed by atoms with E-state index < -0.39 is 40.4 Å². The number of hydrogen-bond acceptors (Lipinski definition) is 3. The zero-order chi connectivity index (χ0) is 14.6. The fourth-order valence-electron chi connectivity index (χ4n) is 1.20. The molecule has 0 aromatic heterocycles. The van der Waals surface area contributed by atoms with Gasteiger partial charge in [0.05, 0.1) is 12.2 Å². The van der Waals surface area contributed by atoms with Crippen LogP contribution in [0.1, 0.15) is 26.7 Å². The first kappa shape index (κ1) is 17.2. The fourth-order valence-corrected chi connectivity index (χ4v) is 2.45. The maximum absolute atomic E-state index is 11.9. The highest BCUT2D eigenvalue weighted by atomic mass is 32.2. The Kier molecular flexibility index (Phi) is 6.08. The topological polar surface area (TPSA) is 83.5 Å². The Labute approximate surface area is 103 Å². The zero-order valence-corrected chi connectivity index (χ0v) is 10.8. The van der Waals surface area contributed by atoms with Gasteiger partial charge in [0, 0.05) is 0 Å². The number of carbonyl (C=O) groups is 1. The number of hydrogen-bond donors (Lipinski definition) is 2. The summed E-state index contributed by atoms with van der Waals surface area (Å²) in [5.74, 6) is -2.67. The molecule has 0 amide bonds. The predicted octanol–water partition coefficient (Wildman–Crippen LogP) is 1.36. The summed E-state index contributed by atoms with van der Waals surface area (Å²) in [5, 5.41) is 8.76. The first-order valence-electron chi connectivity index (χ1n) is 5.22. The van der Waals surface area contributed by atoms with E-state index in [4.69, 9.17) is 5.11 Å². The molecule has 5 nitrogen and oxygen atoms in total. The molecule has 0 spiro atoms. The summed E-state index contributed by atoms with van der Waals surface area (Å²) in [4.78, 5) is 10.8. The molecule has 1 atom stereocenters. The van der Waals surface area contributed by atoms with E-state index in [1.54, 1.807) is 18.6 Å². The highest BCUT2D eigenvalue weighted by Crippen LogP contribution is 2.20. The smallest absolute Gasteiger partial charge is 0.390 e. The zero-order valence-electron chi connectivity index (χ0n) is 9.99. The van der Waals surface area contributed by atoms with Gasteiger partial charge in [-0.15, -0.1) is 0 Å². The molecule has 0 heterocycles. The van der Waals surface area contributed by atoms with Crippen molar-refractivity contribution in [1.29, 1.82) is 0 Å². The molecule has 0 rings (SSSR count). The van der Waals surface area contributed by atoms with Crippen molar-refractivity contribution in [3.05, 3.63) is 0 Å². The Morgan fingerprint density at radius 3 is 2.17 bits per heavy atom. The maximum Gasteiger partial charge on any atom is 0.390 e. The van der Waals surface area contributed by atoms with Gasteiger partial charge in [-0.3, -0.25) is 4.79 Å². The predicted molar refractivity (Wildman–Crippen MR) is 58.5 cm³/mol. The quantitative estimate of drug-likeness (QED) is 0.742. The second kappa shape index (κ2) is 6.37. The molecule has 0 aromatic carbocycles. The molecule has 0 aromatic rings. The summed E-state index contributed by atoms with van der Waals surface area (Å²) in [6.45, 7) is 3.36. The largest absolute Gasteiger partial charge is 0.480 e. The number of nitrogens with one attached hydrogen (secondary N) is 1. The Hall–Kier alpha value is -0.830. The molecule has 18 heavy (non-hydrogen) atoms. The van der Waals surface area contributed by atoms with Crippen LogP contribution in [0.25, 0.3) is 0 Å². The Morgan fingerprint density at radius 2 is 1.83 bits per heavy atom. The van der Waals surface area contributed by atoms with Gasteiger partial charge in [0.25, 0.3) is 0 Å². The highest BCUT2D eigenvalue weighted by Gasteiger charge is 2.32. The lowest BCUT2D eigenvalue weighted by molar-refractivity contribution is -0.139. The van der Waals surface area contributed by atoms with Crippen molar-refractivity contribution >= 4 is 16.0 Å². The van der Waals surface area contributed by atoms with Gasteiger partial charge in [-0.2, -0.15) is 13.2 Å². The van der Waals surface area contributed by atoms with E-state index in [0.717, 1.165) is 0 Å². The first-order chi connectivity index (χ1) is 7.93. The van der Waals surface area contributed by atoms with Crippen LogP contribution >= 0.6 is 0 Å². The molecule has 0 aliphatic rings. The van der Waals surface area contributed by atoms with Crippen LogP contribution in [0.4, 0.5) is 13.2 Å². The third kappa shape index (κ3) is 8.29. The Bertz CT molecular complexity index is 378. The third-order valence-electron chi connectivity index (χ3n) is 1.98. The molecule has 1 unspecified atom stereocenters. The molecular weight excluding hydrogens is 275 g/mol. The average molecular weight is 291 g/mol. The number of rotatable bonds is 7. The van der Waals surface area contributed by atoms with Crippen molar-refractivity contribution in [1.82, 2.24) is 4.72 Å². The number of halogens is 3. The molecule has 0 radical (unpaired) electrons. The van der Waals surface area contributed by atoms with Crippen LogP contribution in [-0.2, 0) is 14.8 Å². The number of carboxylic acid groups (broad SMARTS) is 1. The normalized spacial score (nSPS) is 14.8. The van der Waals surface area contributed by atoms with E-state index in [0.29, 0.717) is 0 Å². The summed E-state index contributed by atoms with van der Waals surface area (Å²) in [7, 11) is -4.26. The summed E-state index contributed by atoms with van der Waals surface area (Å²) in [5.41, 5.74) is 0. The SMILES string of the molecule is CC(C)CC(NS(=O)(=O)CCC(F)(F)F)C(=O)O. The van der Waals surface area contributed by atoms with Gasteiger partial charge in [-0.05, 0) is 12.3 Å². The standard InChI is InChI=1S/C9H16F3NO4S/c1-6(2)5-7(8(14)15)13-18(16,17)4-3-9(10,11)12/h6-7,13H,3-5H2,1-2H3,(H,14,15). The van der Waals surface area contributed by atoms with E-state index in [2.05, 4.69) is 0 Å². The second-order valence-corrected chi connectivity index (χ2v) is 6.20. The van der Waals surface area contributed by atoms with Gasteiger partial charge in [0.1, 0.15) is 6.04 Å². The van der Waals surface area contributed by atoms with Gasteiger partial charge < -0.3 is 5.11 Å². The van der Waals surface area contributed by atoms with Crippen molar-refractivity contribution < 1.29 is 31.5 Å². The molecule has 0 bridgehead atoms.